The molecule has 1 aliphatic heterocycles. The zero-order chi connectivity index (χ0) is 18.6. The SMILES string of the molecule is Nc1ncc(-c2ccc(CNC(=O)C3CCCN3c3ccccc3)cc2)[nH]1. The van der Waals surface area contributed by atoms with Crippen LogP contribution in [0.5, 0.6) is 0 Å². The summed E-state index contributed by atoms with van der Waals surface area (Å²) in [7, 11) is 0. The molecule has 4 rings (SSSR count). The number of carbonyl (C=O) groups is 1. The van der Waals surface area contributed by atoms with E-state index in [1.165, 1.54) is 0 Å². The molecule has 6 nitrogen and oxygen atoms in total. The van der Waals surface area contributed by atoms with Crippen LogP contribution in [0.15, 0.2) is 60.8 Å². The minimum atomic E-state index is -0.0976. The molecule has 1 saturated heterocycles. The van der Waals surface area contributed by atoms with Crippen LogP contribution in [-0.4, -0.2) is 28.5 Å². The summed E-state index contributed by atoms with van der Waals surface area (Å²) in [6, 6.07) is 18.1. The largest absolute Gasteiger partial charge is 0.369 e. The van der Waals surface area contributed by atoms with Crippen molar-refractivity contribution in [3.63, 3.8) is 0 Å². The van der Waals surface area contributed by atoms with Gasteiger partial charge < -0.3 is 20.9 Å². The molecule has 2 aromatic carbocycles. The first-order valence-electron chi connectivity index (χ1n) is 9.20. The highest BCUT2D eigenvalue weighted by Gasteiger charge is 2.30. The predicted octanol–water partition coefficient (Wildman–Crippen LogP) is 2.94. The van der Waals surface area contributed by atoms with Crippen LogP contribution in [0, 0.1) is 0 Å². The van der Waals surface area contributed by atoms with Crippen molar-refractivity contribution in [3.05, 3.63) is 66.4 Å². The first kappa shape index (κ1) is 17.1. The summed E-state index contributed by atoms with van der Waals surface area (Å²) in [4.78, 5) is 21.9. The number of carbonyl (C=O) groups excluding carboxylic acids is 1. The molecule has 0 radical (unpaired) electrons. The Labute approximate surface area is 158 Å². The zero-order valence-electron chi connectivity index (χ0n) is 15.1. The van der Waals surface area contributed by atoms with Gasteiger partial charge in [-0.1, -0.05) is 42.5 Å². The van der Waals surface area contributed by atoms with E-state index >= 15 is 0 Å². The Morgan fingerprint density at radius 3 is 2.67 bits per heavy atom. The molecule has 3 aromatic rings. The molecule has 6 heteroatoms. The molecule has 0 aliphatic carbocycles. The molecule has 27 heavy (non-hydrogen) atoms. The van der Waals surface area contributed by atoms with Gasteiger partial charge in [-0.05, 0) is 36.1 Å². The fourth-order valence-corrected chi connectivity index (χ4v) is 3.56. The summed E-state index contributed by atoms with van der Waals surface area (Å²) < 4.78 is 0. The summed E-state index contributed by atoms with van der Waals surface area (Å²) >= 11 is 0. The van der Waals surface area contributed by atoms with E-state index in [4.69, 9.17) is 5.73 Å². The minimum absolute atomic E-state index is 0.0850. The average molecular weight is 361 g/mol. The van der Waals surface area contributed by atoms with Gasteiger partial charge >= 0.3 is 0 Å². The van der Waals surface area contributed by atoms with Gasteiger partial charge in [0.1, 0.15) is 6.04 Å². The number of imidazole rings is 1. The molecular weight excluding hydrogens is 338 g/mol. The van der Waals surface area contributed by atoms with Gasteiger partial charge in [0, 0.05) is 18.8 Å². The lowest BCUT2D eigenvalue weighted by Crippen LogP contribution is -2.43. The van der Waals surface area contributed by atoms with E-state index in [0.29, 0.717) is 12.5 Å². The number of hydrogen-bond acceptors (Lipinski definition) is 4. The second kappa shape index (κ2) is 7.53. The topological polar surface area (TPSA) is 87.0 Å². The first-order chi connectivity index (χ1) is 13.2. The van der Waals surface area contributed by atoms with E-state index in [1.54, 1.807) is 6.20 Å². The van der Waals surface area contributed by atoms with Crippen molar-refractivity contribution < 1.29 is 4.79 Å². The van der Waals surface area contributed by atoms with Gasteiger partial charge in [0.15, 0.2) is 5.95 Å². The second-order valence-electron chi connectivity index (χ2n) is 6.78. The fraction of sp³-hybridized carbons (Fsp3) is 0.238. The lowest BCUT2D eigenvalue weighted by atomic mass is 10.1. The molecule has 0 saturated carbocycles. The van der Waals surface area contributed by atoms with Crippen LogP contribution >= 0.6 is 0 Å². The highest BCUT2D eigenvalue weighted by Crippen LogP contribution is 2.25. The molecule has 1 aliphatic rings. The van der Waals surface area contributed by atoms with Gasteiger partial charge in [0.25, 0.3) is 0 Å². The number of para-hydroxylation sites is 1. The number of nitrogens with one attached hydrogen (secondary N) is 2. The normalized spacial score (nSPS) is 16.4. The Kier molecular flexibility index (Phi) is 4.78. The van der Waals surface area contributed by atoms with Gasteiger partial charge in [-0.15, -0.1) is 0 Å². The monoisotopic (exact) mass is 361 g/mol. The van der Waals surface area contributed by atoms with Crippen LogP contribution in [0.1, 0.15) is 18.4 Å². The minimum Gasteiger partial charge on any atom is -0.369 e. The number of H-pyrrole nitrogens is 1. The standard InChI is InChI=1S/C21H23N5O/c22-21-24-14-18(25-21)16-10-8-15(9-11-16)13-23-20(27)19-7-4-12-26(19)17-5-2-1-3-6-17/h1-3,5-6,8-11,14,19H,4,7,12-13H2,(H,23,27)(H3,22,24,25). The number of aromatic nitrogens is 2. The zero-order valence-corrected chi connectivity index (χ0v) is 15.1. The predicted molar refractivity (Wildman–Crippen MR) is 107 cm³/mol. The van der Waals surface area contributed by atoms with Gasteiger partial charge in [-0.2, -0.15) is 0 Å². The van der Waals surface area contributed by atoms with Gasteiger partial charge in [-0.3, -0.25) is 4.79 Å². The van der Waals surface area contributed by atoms with E-state index in [0.717, 1.165) is 41.9 Å². The van der Waals surface area contributed by atoms with Crippen LogP contribution in [-0.2, 0) is 11.3 Å². The number of anilines is 2. The Morgan fingerprint density at radius 1 is 1.19 bits per heavy atom. The van der Waals surface area contributed by atoms with E-state index in [1.807, 2.05) is 42.5 Å². The molecule has 1 amide bonds. The van der Waals surface area contributed by atoms with Crippen LogP contribution in [0.3, 0.4) is 0 Å². The summed E-state index contributed by atoms with van der Waals surface area (Å²) in [6.45, 7) is 1.44. The Hall–Kier alpha value is -3.28. The maximum absolute atomic E-state index is 12.7. The third kappa shape index (κ3) is 3.79. The first-order valence-corrected chi connectivity index (χ1v) is 9.20. The summed E-state index contributed by atoms with van der Waals surface area (Å²) in [5.41, 5.74) is 9.69. The third-order valence-electron chi connectivity index (χ3n) is 4.97. The third-order valence-corrected chi connectivity index (χ3v) is 4.97. The van der Waals surface area contributed by atoms with Gasteiger partial charge in [0.2, 0.25) is 5.91 Å². The van der Waals surface area contributed by atoms with Crippen molar-refractivity contribution in [1.82, 2.24) is 15.3 Å². The summed E-state index contributed by atoms with van der Waals surface area (Å²) in [5, 5.41) is 3.08. The molecule has 0 bridgehead atoms. The number of nitrogens with zero attached hydrogens (tertiary/aromatic N) is 2. The number of aromatic amines is 1. The van der Waals surface area contributed by atoms with E-state index in [-0.39, 0.29) is 11.9 Å². The maximum Gasteiger partial charge on any atom is 0.242 e. The van der Waals surface area contributed by atoms with Crippen molar-refractivity contribution in [2.75, 3.05) is 17.2 Å². The maximum atomic E-state index is 12.7. The Morgan fingerprint density at radius 2 is 1.96 bits per heavy atom. The van der Waals surface area contributed by atoms with Crippen molar-refractivity contribution in [3.8, 4) is 11.3 Å². The van der Waals surface area contributed by atoms with Crippen molar-refractivity contribution >= 4 is 17.5 Å². The smallest absolute Gasteiger partial charge is 0.242 e. The molecule has 0 spiro atoms. The number of amides is 1. The van der Waals surface area contributed by atoms with Crippen LogP contribution < -0.4 is 16.0 Å². The molecule has 2 heterocycles. The highest BCUT2D eigenvalue weighted by molar-refractivity contribution is 5.85. The lowest BCUT2D eigenvalue weighted by molar-refractivity contribution is -0.122. The molecule has 138 valence electrons. The molecule has 1 aromatic heterocycles. The summed E-state index contributed by atoms with van der Waals surface area (Å²) in [6.07, 6.45) is 3.64. The molecule has 1 fully saturated rings. The van der Waals surface area contributed by atoms with E-state index < -0.39 is 0 Å². The van der Waals surface area contributed by atoms with Crippen molar-refractivity contribution in [2.24, 2.45) is 0 Å². The molecule has 4 N–H and O–H groups in total. The van der Waals surface area contributed by atoms with Crippen LogP contribution in [0.2, 0.25) is 0 Å². The van der Waals surface area contributed by atoms with Crippen LogP contribution in [0.25, 0.3) is 11.3 Å². The number of nitrogens with two attached hydrogens (primary N) is 1. The number of benzene rings is 2. The van der Waals surface area contributed by atoms with Crippen molar-refractivity contribution in [2.45, 2.75) is 25.4 Å². The number of hydrogen-bond donors (Lipinski definition) is 3. The van der Waals surface area contributed by atoms with E-state index in [2.05, 4.69) is 32.3 Å². The highest BCUT2D eigenvalue weighted by atomic mass is 16.2. The second-order valence-corrected chi connectivity index (χ2v) is 6.78. The molecule has 1 atom stereocenters. The molecular formula is C21H23N5O. The quantitative estimate of drug-likeness (QED) is 0.652. The molecule has 1 unspecified atom stereocenters. The number of rotatable bonds is 5. The Bertz CT molecular complexity index is 904. The van der Waals surface area contributed by atoms with E-state index in [9.17, 15) is 4.79 Å². The number of nitrogen functional groups attached to an aromatic ring is 1. The average Bonchev–Trinajstić information content (AvgIpc) is 3.36. The van der Waals surface area contributed by atoms with Crippen molar-refractivity contribution in [1.29, 1.82) is 0 Å². The van der Waals surface area contributed by atoms with Crippen LogP contribution in [0.4, 0.5) is 11.6 Å². The van der Waals surface area contributed by atoms with Gasteiger partial charge in [-0.25, -0.2) is 4.98 Å². The fourth-order valence-electron chi connectivity index (χ4n) is 3.56. The Balaban J connectivity index is 1.37. The summed E-state index contributed by atoms with van der Waals surface area (Å²) in [5.74, 6) is 0.489. The lowest BCUT2D eigenvalue weighted by Gasteiger charge is -2.26. The van der Waals surface area contributed by atoms with Gasteiger partial charge in [0.05, 0.1) is 11.9 Å².